The Labute approximate surface area is 584 Å². The van der Waals surface area contributed by atoms with Crippen molar-refractivity contribution in [2.45, 2.75) is 102 Å². The van der Waals surface area contributed by atoms with Gasteiger partial charge in [-0.25, -0.2) is 19.6 Å². The Morgan fingerprint density at radius 1 is 0.644 bits per heavy atom. The number of carboxylic acids is 2. The average Bonchev–Trinajstić information content (AvgIpc) is 1.28. The fourth-order valence-corrected chi connectivity index (χ4v) is 12.5. The molecular weight excluding hydrogens is 1380 g/mol. The first-order valence-electron chi connectivity index (χ1n) is 31.5. The van der Waals surface area contributed by atoms with Crippen molar-refractivity contribution in [1.82, 2.24) is 50.7 Å². The van der Waals surface area contributed by atoms with Gasteiger partial charge in [-0.2, -0.15) is 27.9 Å². The van der Waals surface area contributed by atoms with Crippen LogP contribution in [0.5, 0.6) is 11.5 Å². The highest BCUT2D eigenvalue weighted by atomic mass is 32.3. The molecule has 4 aromatic heterocycles. The van der Waals surface area contributed by atoms with Gasteiger partial charge in [0, 0.05) is 60.1 Å². The van der Waals surface area contributed by atoms with Crippen molar-refractivity contribution in [3.63, 3.8) is 0 Å². The van der Waals surface area contributed by atoms with Crippen LogP contribution in [0.4, 0.5) is 21.6 Å². The van der Waals surface area contributed by atoms with Gasteiger partial charge in [-0.1, -0.05) is 10.3 Å². The number of carbonyl (C=O) groups excluding carboxylic acids is 6. The zero-order chi connectivity index (χ0) is 72.5. The number of aryl methyl sites for hydroxylation is 2. The van der Waals surface area contributed by atoms with Crippen molar-refractivity contribution >= 4 is 114 Å². The number of β-lactam (4-membered cyclic amide) rings is 2. The molecule has 4 atom stereocenters. The highest BCUT2D eigenvalue weighted by molar-refractivity contribution is 7.81. The van der Waals surface area contributed by atoms with Crippen LogP contribution in [-0.2, 0) is 83.6 Å². The Morgan fingerprint density at radius 2 is 1.02 bits per heavy atom. The lowest BCUT2D eigenvalue weighted by atomic mass is 9.84. The number of benzene rings is 2. The molecule has 4 saturated heterocycles. The number of rotatable bonds is 36. The smallest absolute Gasteiger partial charge is 0.442 e. The van der Waals surface area contributed by atoms with E-state index in [0.29, 0.717) is 70.6 Å². The summed E-state index contributed by atoms with van der Waals surface area (Å²) in [5.41, 5.74) is 19.7. The standard InChI is InChI=1S/C60H74N20O18S3/c1-59(2)47(71-51(83)45(41-31-99-57(63)69-41)73-95-43(55(87)88)29-93-39-11-7-37(8-12-39)67-49(81)35-25-75(17-5-15-61)77(27-35)23-33-19-65-20-33)53(85)79(59)97-101(91,92)98-80-54(86)48(60(80,3)4)72-52(84)46(42-32-100-58(64)70-42)74-96-44(56(89)90)30-94-40-13-9-38(10-14-40)68-50(82)36-26-76(18-6-16-62)78(28-36)24-34-21-66-22-34/h7-14,25-28,31-34,43-44,47-48,65-66H,5-6,15-24,29-30,61-62H2,1-4H3,(H8-2,63,64,67,68,69,70,71,72,81,82,83,84,87,88,89,90)/p+2/b73-45-,74-46-/t43-,44-,47+,48+/m0/s1. The van der Waals surface area contributed by atoms with E-state index >= 15 is 0 Å². The number of hydroxylamine groups is 4. The quantitative estimate of drug-likeness (QED) is 0.00885. The highest BCUT2D eigenvalue weighted by Crippen LogP contribution is 2.37. The van der Waals surface area contributed by atoms with E-state index in [1.165, 1.54) is 62.7 Å². The Kier molecular flexibility index (Phi) is 22.9. The molecule has 0 saturated carbocycles. The third-order valence-electron chi connectivity index (χ3n) is 16.5. The summed E-state index contributed by atoms with van der Waals surface area (Å²) < 4.78 is 56.4. The predicted octanol–water partition coefficient (Wildman–Crippen LogP) is -1.89. The number of nitrogen functional groups attached to an aromatic ring is 2. The van der Waals surface area contributed by atoms with Crippen molar-refractivity contribution in [3.8, 4) is 11.5 Å². The number of carbonyl (C=O) groups is 8. The molecule has 0 aliphatic carbocycles. The Balaban J connectivity index is 0.710. The number of hydrogen-bond acceptors (Lipinski definition) is 28. The minimum atomic E-state index is -5.40. The second-order valence-corrected chi connectivity index (χ2v) is 27.6. The van der Waals surface area contributed by atoms with Gasteiger partial charge in [-0.05, 0) is 102 Å². The van der Waals surface area contributed by atoms with E-state index in [0.717, 1.165) is 74.8 Å². The first kappa shape index (κ1) is 73.4. The molecule has 0 spiro atoms. The van der Waals surface area contributed by atoms with Gasteiger partial charge in [0.2, 0.25) is 12.4 Å². The van der Waals surface area contributed by atoms with Gasteiger partial charge in [0.15, 0.2) is 34.8 Å². The van der Waals surface area contributed by atoms with E-state index in [4.69, 9.17) is 50.7 Å². The fraction of sp³-hybridized carbons (Fsp3) is 0.433. The minimum absolute atomic E-state index is 0.0382. The maximum atomic E-state index is 14.0. The number of ether oxygens (including phenoxy) is 2. The van der Waals surface area contributed by atoms with Crippen molar-refractivity contribution in [1.29, 1.82) is 0 Å². The molecule has 8 heterocycles. The summed E-state index contributed by atoms with van der Waals surface area (Å²) >= 11 is 1.76. The second kappa shape index (κ2) is 31.5. The van der Waals surface area contributed by atoms with E-state index < -0.39 is 106 Å². The molecule has 0 radical (unpaired) electrons. The third kappa shape index (κ3) is 17.7. The Morgan fingerprint density at radius 3 is 1.33 bits per heavy atom. The summed E-state index contributed by atoms with van der Waals surface area (Å²) in [6.07, 6.45) is 4.84. The third-order valence-corrected chi connectivity index (χ3v) is 18.5. The lowest BCUT2D eigenvalue weighted by Gasteiger charge is -2.52. The summed E-state index contributed by atoms with van der Waals surface area (Å²) in [4.78, 5) is 125. The molecule has 4 aliphatic rings. The van der Waals surface area contributed by atoms with Crippen LogP contribution in [0, 0.1) is 11.8 Å². The van der Waals surface area contributed by atoms with Crippen LogP contribution >= 0.6 is 22.7 Å². The molecule has 16 N–H and O–H groups in total. The van der Waals surface area contributed by atoms with Gasteiger partial charge < -0.3 is 84.2 Å². The number of carboxylic acid groups (broad SMARTS) is 2. The van der Waals surface area contributed by atoms with Gasteiger partial charge >= 0.3 is 22.3 Å². The number of nitrogens with two attached hydrogens (primary N) is 4. The van der Waals surface area contributed by atoms with Crippen LogP contribution in [0.25, 0.3) is 0 Å². The number of hydrogen-bond donors (Lipinski definition) is 12. The van der Waals surface area contributed by atoms with Crippen LogP contribution in [-0.4, -0.2) is 195 Å². The van der Waals surface area contributed by atoms with Gasteiger partial charge in [0.1, 0.15) is 59.3 Å². The molecule has 101 heavy (non-hydrogen) atoms. The topological polar surface area (TPSA) is 517 Å². The lowest BCUT2D eigenvalue weighted by molar-refractivity contribution is -0.781. The van der Waals surface area contributed by atoms with Crippen molar-refractivity contribution < 1.29 is 94.1 Å². The minimum Gasteiger partial charge on any atom is -0.489 e. The van der Waals surface area contributed by atoms with Gasteiger partial charge in [0.25, 0.3) is 47.7 Å². The molecular formula is C60H76N20O18S3+2. The van der Waals surface area contributed by atoms with E-state index in [9.17, 15) is 57.0 Å². The number of thiazole rings is 2. The number of anilines is 4. The summed E-state index contributed by atoms with van der Waals surface area (Å²) in [6, 6.07) is 8.96. The van der Waals surface area contributed by atoms with Crippen LogP contribution < -0.4 is 73.7 Å². The number of oxime groups is 2. The summed E-state index contributed by atoms with van der Waals surface area (Å²) in [6.45, 7) is 11.1. The first-order chi connectivity index (χ1) is 48.1. The molecule has 4 fully saturated rings. The summed E-state index contributed by atoms with van der Waals surface area (Å²) in [5, 5.41) is 47.9. The van der Waals surface area contributed by atoms with Crippen LogP contribution in [0.3, 0.4) is 0 Å². The summed E-state index contributed by atoms with van der Waals surface area (Å²) in [7, 11) is -5.40. The molecule has 540 valence electrons. The molecule has 2 aromatic carbocycles. The Bertz CT molecular complexity index is 3980. The van der Waals surface area contributed by atoms with Crippen molar-refractivity contribution in [2.75, 3.05) is 74.6 Å². The van der Waals surface area contributed by atoms with Gasteiger partial charge in [-0.15, -0.1) is 40.6 Å². The van der Waals surface area contributed by atoms with E-state index in [1.807, 2.05) is 18.7 Å². The maximum absolute atomic E-state index is 14.0. The van der Waals surface area contributed by atoms with E-state index in [-0.39, 0.29) is 45.0 Å². The number of nitrogens with zero attached hydrogens (tertiary/aromatic N) is 10. The molecule has 6 amide bonds. The first-order valence-corrected chi connectivity index (χ1v) is 34.6. The van der Waals surface area contributed by atoms with Crippen LogP contribution in [0.15, 0.2) is 94.4 Å². The number of aliphatic carboxylic acids is 2. The monoisotopic (exact) mass is 1460 g/mol. The highest BCUT2D eigenvalue weighted by Gasteiger charge is 2.61. The zero-order valence-corrected chi connectivity index (χ0v) is 57.3. The molecule has 0 bridgehead atoms. The molecule has 0 unspecified atom stereocenters. The van der Waals surface area contributed by atoms with Crippen LogP contribution in [0.2, 0.25) is 0 Å². The van der Waals surface area contributed by atoms with Crippen molar-refractivity contribution in [3.05, 3.63) is 107 Å². The van der Waals surface area contributed by atoms with Gasteiger partial charge in [0.05, 0.1) is 36.6 Å². The molecule has 41 heteroatoms. The van der Waals surface area contributed by atoms with Crippen LogP contribution in [0.1, 0.15) is 72.6 Å². The van der Waals surface area contributed by atoms with E-state index in [2.05, 4.69) is 52.2 Å². The maximum Gasteiger partial charge on any atom is 0.442 e. The average molecular weight is 1460 g/mol. The Hall–Kier alpha value is -10.3. The van der Waals surface area contributed by atoms with Gasteiger partial charge in [-0.3, -0.25) is 28.8 Å². The fourth-order valence-electron chi connectivity index (χ4n) is 10.5. The molecule has 10 rings (SSSR count). The normalized spacial score (nSPS) is 18.0. The molecule has 38 nitrogen and oxygen atoms in total. The number of aromatic nitrogens is 6. The molecule has 4 aliphatic heterocycles. The lowest BCUT2D eigenvalue weighted by Crippen LogP contribution is -2.78. The SMILES string of the molecule is CC1(C)[C@H](NC(=O)/C(=N\O[C@@H](COc2ccc(NC(=O)c3cn(CCCN)[n+](CC4CNC4)c3)cc2)C(=O)O)c2csc(N)n2)C(=O)N1OS(=O)(=O)ON1C(=O)[C@@H](NC(=O)/C(=N\O[C@@H](COc2ccc(NC(=O)c3cn(CCCN)[n+](CC4CNC4)c3)cc2)C(=O)O)c2csc(N)n2)C1(C)C. The molecule has 6 aromatic rings. The number of nitrogens with one attached hydrogen (secondary N) is 6. The summed E-state index contributed by atoms with van der Waals surface area (Å²) in [5.74, 6) is -7.27. The zero-order valence-electron chi connectivity index (χ0n) is 54.9. The van der Waals surface area contributed by atoms with Crippen molar-refractivity contribution in [2.24, 2.45) is 33.6 Å². The largest absolute Gasteiger partial charge is 0.489 e. The second-order valence-electron chi connectivity index (χ2n) is 24.7. The number of amides is 6. The predicted molar refractivity (Wildman–Crippen MR) is 357 cm³/mol. The van der Waals surface area contributed by atoms with E-state index in [1.54, 1.807) is 49.1 Å².